The van der Waals surface area contributed by atoms with Crippen LogP contribution in [-0.4, -0.2) is 29.1 Å². The molecule has 100 valence electrons. The minimum Gasteiger partial charge on any atom is -0.481 e. The highest BCUT2D eigenvalue weighted by Gasteiger charge is 2.47. The van der Waals surface area contributed by atoms with Crippen molar-refractivity contribution in [2.75, 3.05) is 13.1 Å². The normalized spacial score (nSPS) is 24.9. The van der Waals surface area contributed by atoms with Crippen LogP contribution in [0, 0.1) is 18.3 Å². The van der Waals surface area contributed by atoms with E-state index in [4.69, 9.17) is 4.42 Å². The quantitative estimate of drug-likeness (QED) is 0.893. The molecule has 1 N–H and O–H groups in total. The number of carboxylic acid groups (broad SMARTS) is 1. The van der Waals surface area contributed by atoms with Gasteiger partial charge in [0.1, 0.15) is 11.5 Å². The van der Waals surface area contributed by atoms with Gasteiger partial charge in [0.05, 0.1) is 12.0 Å². The summed E-state index contributed by atoms with van der Waals surface area (Å²) in [5.41, 5.74) is -0.596. The van der Waals surface area contributed by atoms with Crippen LogP contribution in [-0.2, 0) is 11.3 Å². The molecule has 2 rings (SSSR count). The summed E-state index contributed by atoms with van der Waals surface area (Å²) in [5, 5.41) is 9.47. The molecule has 0 radical (unpaired) electrons. The highest BCUT2D eigenvalue weighted by molar-refractivity contribution is 5.75. The molecular formula is C14H21NO3. The lowest BCUT2D eigenvalue weighted by atomic mass is 9.76. The van der Waals surface area contributed by atoms with Crippen molar-refractivity contribution in [3.8, 4) is 0 Å². The van der Waals surface area contributed by atoms with Crippen LogP contribution >= 0.6 is 0 Å². The average molecular weight is 251 g/mol. The van der Waals surface area contributed by atoms with Crippen LogP contribution in [0.15, 0.2) is 16.5 Å². The van der Waals surface area contributed by atoms with Gasteiger partial charge in [-0.15, -0.1) is 0 Å². The predicted molar refractivity (Wildman–Crippen MR) is 68.2 cm³/mol. The Labute approximate surface area is 108 Å². The van der Waals surface area contributed by atoms with Gasteiger partial charge in [0, 0.05) is 6.54 Å². The first-order valence-electron chi connectivity index (χ1n) is 6.45. The van der Waals surface area contributed by atoms with E-state index in [2.05, 4.69) is 4.90 Å². The molecule has 1 unspecified atom stereocenters. The molecule has 1 saturated heterocycles. The van der Waals surface area contributed by atoms with Crippen LogP contribution in [0.1, 0.15) is 31.8 Å². The summed E-state index contributed by atoms with van der Waals surface area (Å²) in [6.45, 7) is 8.05. The van der Waals surface area contributed by atoms with Gasteiger partial charge in [0.15, 0.2) is 0 Å². The zero-order valence-corrected chi connectivity index (χ0v) is 11.3. The van der Waals surface area contributed by atoms with E-state index in [-0.39, 0.29) is 5.92 Å². The zero-order valence-electron chi connectivity index (χ0n) is 11.3. The number of nitrogens with zero attached hydrogens (tertiary/aromatic N) is 1. The molecule has 0 spiro atoms. The van der Waals surface area contributed by atoms with Gasteiger partial charge in [0.25, 0.3) is 0 Å². The number of hydrogen-bond donors (Lipinski definition) is 1. The number of likely N-dealkylation sites (tertiary alicyclic amines) is 1. The molecule has 0 bridgehead atoms. The molecule has 4 heteroatoms. The summed E-state index contributed by atoms with van der Waals surface area (Å²) >= 11 is 0. The minimum atomic E-state index is -0.671. The van der Waals surface area contributed by atoms with Crippen molar-refractivity contribution in [3.63, 3.8) is 0 Å². The van der Waals surface area contributed by atoms with Crippen LogP contribution in [0.4, 0.5) is 0 Å². The summed E-state index contributed by atoms with van der Waals surface area (Å²) in [5.74, 6) is 1.30. The largest absolute Gasteiger partial charge is 0.481 e. The fourth-order valence-electron chi connectivity index (χ4n) is 2.73. The van der Waals surface area contributed by atoms with E-state index in [9.17, 15) is 9.90 Å². The van der Waals surface area contributed by atoms with Gasteiger partial charge < -0.3 is 9.52 Å². The Bertz CT molecular complexity index is 438. The zero-order chi connectivity index (χ0) is 13.3. The average Bonchev–Trinajstić information content (AvgIpc) is 2.86. The smallest absolute Gasteiger partial charge is 0.311 e. The van der Waals surface area contributed by atoms with Gasteiger partial charge in [0.2, 0.25) is 0 Å². The second kappa shape index (κ2) is 4.76. The maximum absolute atomic E-state index is 11.5. The molecule has 1 fully saturated rings. The number of furan rings is 1. The summed E-state index contributed by atoms with van der Waals surface area (Å²) in [6, 6.07) is 3.91. The molecule has 0 aromatic carbocycles. The van der Waals surface area contributed by atoms with Crippen LogP contribution < -0.4 is 0 Å². The second-order valence-electron chi connectivity index (χ2n) is 5.59. The van der Waals surface area contributed by atoms with Crippen molar-refractivity contribution in [2.24, 2.45) is 11.3 Å². The molecule has 1 aromatic rings. The monoisotopic (exact) mass is 251 g/mol. The van der Waals surface area contributed by atoms with Crippen molar-refractivity contribution >= 4 is 5.97 Å². The number of carboxylic acids is 1. The lowest BCUT2D eigenvalue weighted by Crippen LogP contribution is -2.39. The first-order chi connectivity index (χ1) is 8.44. The minimum absolute atomic E-state index is 0.151. The first-order valence-corrected chi connectivity index (χ1v) is 6.45. The van der Waals surface area contributed by atoms with Crippen molar-refractivity contribution < 1.29 is 14.3 Å². The highest BCUT2D eigenvalue weighted by Crippen LogP contribution is 2.38. The Morgan fingerprint density at radius 1 is 1.56 bits per heavy atom. The van der Waals surface area contributed by atoms with E-state index >= 15 is 0 Å². The lowest BCUT2D eigenvalue weighted by molar-refractivity contribution is -0.151. The van der Waals surface area contributed by atoms with Gasteiger partial charge in [-0.05, 0) is 37.9 Å². The molecule has 0 amide bonds. The Kier molecular flexibility index (Phi) is 3.48. The number of rotatable bonds is 4. The molecule has 1 atom stereocenters. The Morgan fingerprint density at radius 3 is 2.72 bits per heavy atom. The van der Waals surface area contributed by atoms with Gasteiger partial charge in [-0.1, -0.05) is 13.8 Å². The SMILES string of the molecule is Cc1ccc(CN2CCC(C(=O)O)(C(C)C)C2)o1. The topological polar surface area (TPSA) is 53.7 Å². The molecular weight excluding hydrogens is 230 g/mol. The Hall–Kier alpha value is -1.29. The standard InChI is InChI=1S/C14H21NO3/c1-10(2)14(13(16)17)6-7-15(9-14)8-12-5-4-11(3)18-12/h4-5,10H,6-9H2,1-3H3,(H,16,17). The third-order valence-corrected chi connectivity index (χ3v) is 4.09. The third-order valence-electron chi connectivity index (χ3n) is 4.09. The molecule has 1 aromatic heterocycles. The molecule has 18 heavy (non-hydrogen) atoms. The van der Waals surface area contributed by atoms with E-state index in [1.165, 1.54) is 0 Å². The molecule has 0 saturated carbocycles. The number of carbonyl (C=O) groups is 1. The van der Waals surface area contributed by atoms with Crippen LogP contribution in [0.25, 0.3) is 0 Å². The van der Waals surface area contributed by atoms with Gasteiger partial charge in [-0.2, -0.15) is 0 Å². The summed E-state index contributed by atoms with van der Waals surface area (Å²) in [6.07, 6.45) is 0.722. The number of aliphatic carboxylic acids is 1. The van der Waals surface area contributed by atoms with Gasteiger partial charge >= 0.3 is 5.97 Å². The highest BCUT2D eigenvalue weighted by atomic mass is 16.4. The fourth-order valence-corrected chi connectivity index (χ4v) is 2.73. The van der Waals surface area contributed by atoms with Gasteiger partial charge in [-0.25, -0.2) is 0 Å². The third kappa shape index (κ3) is 2.29. The van der Waals surface area contributed by atoms with E-state index in [0.717, 1.165) is 24.5 Å². The molecule has 1 aliphatic rings. The van der Waals surface area contributed by atoms with E-state index < -0.39 is 11.4 Å². The number of aryl methyl sites for hydroxylation is 1. The molecule has 2 heterocycles. The summed E-state index contributed by atoms with van der Waals surface area (Å²) < 4.78 is 5.55. The molecule has 0 aliphatic carbocycles. The van der Waals surface area contributed by atoms with E-state index in [0.29, 0.717) is 13.1 Å². The first kappa shape index (κ1) is 13.1. The molecule has 4 nitrogen and oxygen atoms in total. The van der Waals surface area contributed by atoms with Crippen molar-refractivity contribution in [1.82, 2.24) is 4.90 Å². The molecule has 1 aliphatic heterocycles. The lowest BCUT2D eigenvalue weighted by Gasteiger charge is -2.28. The fraction of sp³-hybridized carbons (Fsp3) is 0.643. The van der Waals surface area contributed by atoms with Gasteiger partial charge in [-0.3, -0.25) is 9.69 Å². The summed E-state index contributed by atoms with van der Waals surface area (Å²) in [4.78, 5) is 13.7. The van der Waals surface area contributed by atoms with Crippen molar-refractivity contribution in [1.29, 1.82) is 0 Å². The predicted octanol–water partition coefficient (Wildman–Crippen LogP) is 2.52. The van der Waals surface area contributed by atoms with E-state index in [1.807, 2.05) is 32.9 Å². The Morgan fingerprint density at radius 2 is 2.28 bits per heavy atom. The summed E-state index contributed by atoms with van der Waals surface area (Å²) in [7, 11) is 0. The van der Waals surface area contributed by atoms with E-state index in [1.54, 1.807) is 0 Å². The Balaban J connectivity index is 2.05. The second-order valence-corrected chi connectivity index (χ2v) is 5.59. The van der Waals surface area contributed by atoms with Crippen molar-refractivity contribution in [2.45, 2.75) is 33.7 Å². The number of hydrogen-bond acceptors (Lipinski definition) is 3. The maximum atomic E-state index is 11.5. The maximum Gasteiger partial charge on any atom is 0.311 e. The van der Waals surface area contributed by atoms with Crippen LogP contribution in [0.2, 0.25) is 0 Å². The van der Waals surface area contributed by atoms with Crippen LogP contribution in [0.5, 0.6) is 0 Å². The van der Waals surface area contributed by atoms with Crippen molar-refractivity contribution in [3.05, 3.63) is 23.7 Å². The van der Waals surface area contributed by atoms with Crippen LogP contribution in [0.3, 0.4) is 0 Å².